The normalized spacial score (nSPS) is 18.8. The van der Waals surface area contributed by atoms with Crippen LogP contribution in [0.4, 0.5) is 11.4 Å². The minimum Gasteiger partial charge on any atom is -0.493 e. The van der Waals surface area contributed by atoms with Crippen molar-refractivity contribution in [3.63, 3.8) is 0 Å². The Balaban J connectivity index is 1.30. The molecule has 11 heteroatoms. The van der Waals surface area contributed by atoms with Gasteiger partial charge in [-0.05, 0) is 48.2 Å². The minimum absolute atomic E-state index is 0.249. The number of ether oxygens (including phenoxy) is 2. The number of thiazole rings is 1. The Labute approximate surface area is 272 Å². The topological polar surface area (TPSA) is 107 Å². The maximum Gasteiger partial charge on any atom is 0.308 e. The lowest BCUT2D eigenvalue weighted by atomic mass is 9.83. The van der Waals surface area contributed by atoms with E-state index in [0.717, 1.165) is 27.7 Å². The number of fused-ring (bicyclic) bond motifs is 3. The average molecular weight is 652 g/mol. The average Bonchev–Trinajstić information content (AvgIpc) is 3.51. The van der Waals surface area contributed by atoms with Gasteiger partial charge in [-0.15, -0.1) is 0 Å². The van der Waals surface area contributed by atoms with Gasteiger partial charge in [0.15, 0.2) is 11.5 Å². The lowest BCUT2D eigenvalue weighted by Crippen LogP contribution is -2.33. The monoisotopic (exact) mass is 651 g/mol. The van der Waals surface area contributed by atoms with Gasteiger partial charge in [-0.25, -0.2) is 4.90 Å². The molecule has 2 aliphatic heterocycles. The van der Waals surface area contributed by atoms with E-state index in [1.807, 2.05) is 67.6 Å². The van der Waals surface area contributed by atoms with E-state index in [-0.39, 0.29) is 29.1 Å². The van der Waals surface area contributed by atoms with Crippen LogP contribution in [-0.2, 0) is 20.9 Å². The zero-order valence-electron chi connectivity index (χ0n) is 25.2. The van der Waals surface area contributed by atoms with Crippen LogP contribution in [0.15, 0.2) is 94.7 Å². The molecular formula is C35H29N3O6S2. The standard InChI is InChI=1S/C35H29N3O6S2/c1-19-11-14-22(15-12-19)38-32(40)29-28(21-13-16-25(43-2)26(17-21)44-3)31-34(45-30(29)33(38)41)37(35(42)46-31)18-27(39)36-24-10-6-8-20-7-4-5-9-23(20)24/h4-17,28-30H,18H2,1-3H3,(H,36,39)/t28-,29?,30?/m1/s1. The van der Waals surface area contributed by atoms with Gasteiger partial charge in [-0.1, -0.05) is 83.3 Å². The third-order valence-electron chi connectivity index (χ3n) is 8.47. The summed E-state index contributed by atoms with van der Waals surface area (Å²) < 4.78 is 12.4. The molecule has 46 heavy (non-hydrogen) atoms. The van der Waals surface area contributed by atoms with E-state index in [4.69, 9.17) is 9.47 Å². The van der Waals surface area contributed by atoms with Crippen molar-refractivity contribution in [2.24, 2.45) is 5.92 Å². The van der Waals surface area contributed by atoms with Gasteiger partial charge in [-0.3, -0.25) is 23.7 Å². The van der Waals surface area contributed by atoms with Crippen molar-refractivity contribution in [2.75, 3.05) is 24.4 Å². The summed E-state index contributed by atoms with van der Waals surface area (Å²) in [4.78, 5) is 56.8. The highest BCUT2D eigenvalue weighted by molar-refractivity contribution is 8.00. The van der Waals surface area contributed by atoms with Crippen LogP contribution in [0.1, 0.15) is 21.9 Å². The van der Waals surface area contributed by atoms with Crippen LogP contribution < -0.4 is 24.6 Å². The van der Waals surface area contributed by atoms with Crippen LogP contribution in [-0.4, -0.2) is 41.8 Å². The molecule has 1 fully saturated rings. The summed E-state index contributed by atoms with van der Waals surface area (Å²) >= 11 is 2.18. The summed E-state index contributed by atoms with van der Waals surface area (Å²) in [7, 11) is 3.07. The summed E-state index contributed by atoms with van der Waals surface area (Å²) in [6, 6.07) is 26.0. The van der Waals surface area contributed by atoms with E-state index >= 15 is 0 Å². The van der Waals surface area contributed by atoms with Crippen molar-refractivity contribution < 1.29 is 23.9 Å². The predicted molar refractivity (Wildman–Crippen MR) is 179 cm³/mol. The van der Waals surface area contributed by atoms with E-state index in [9.17, 15) is 19.2 Å². The SMILES string of the molecule is COc1ccc([C@H]2c3sc(=O)n(CC(=O)Nc4cccc5ccccc45)c3SC3C(=O)N(c4ccc(C)cc4)C(=O)C32)cc1OC. The van der Waals surface area contributed by atoms with Gasteiger partial charge in [0, 0.05) is 21.9 Å². The van der Waals surface area contributed by atoms with Crippen molar-refractivity contribution in [3.05, 3.63) is 111 Å². The number of thioether (sulfide) groups is 1. The summed E-state index contributed by atoms with van der Waals surface area (Å²) in [5, 5.41) is 4.53. The number of methoxy groups -OCH3 is 2. The first-order valence-electron chi connectivity index (χ1n) is 14.6. The number of nitrogens with zero attached hydrogens (tertiary/aromatic N) is 2. The van der Waals surface area contributed by atoms with Crippen LogP contribution in [0.3, 0.4) is 0 Å². The molecule has 2 unspecified atom stereocenters. The van der Waals surface area contributed by atoms with Crippen molar-refractivity contribution in [2.45, 2.75) is 29.7 Å². The summed E-state index contributed by atoms with van der Waals surface area (Å²) in [6.07, 6.45) is 0. The van der Waals surface area contributed by atoms with Gasteiger partial charge in [0.2, 0.25) is 17.7 Å². The second-order valence-electron chi connectivity index (χ2n) is 11.2. The van der Waals surface area contributed by atoms with Crippen molar-refractivity contribution >= 4 is 63.0 Å². The molecule has 3 heterocycles. The van der Waals surface area contributed by atoms with Crippen LogP contribution >= 0.6 is 23.1 Å². The molecule has 0 saturated carbocycles. The number of carbonyl (C=O) groups is 3. The largest absolute Gasteiger partial charge is 0.493 e. The molecule has 0 aliphatic carbocycles. The number of hydrogen-bond donors (Lipinski definition) is 1. The third kappa shape index (κ3) is 4.96. The second-order valence-corrected chi connectivity index (χ2v) is 13.3. The molecule has 0 radical (unpaired) electrons. The lowest BCUT2D eigenvalue weighted by molar-refractivity contribution is -0.122. The maximum absolute atomic E-state index is 14.2. The Morgan fingerprint density at radius 2 is 1.61 bits per heavy atom. The molecule has 1 aromatic heterocycles. The van der Waals surface area contributed by atoms with Crippen LogP contribution in [0.25, 0.3) is 10.8 Å². The molecule has 3 amide bonds. The number of rotatable bonds is 7. The van der Waals surface area contributed by atoms with Crippen LogP contribution in [0.5, 0.6) is 11.5 Å². The van der Waals surface area contributed by atoms with Gasteiger partial charge in [-0.2, -0.15) is 0 Å². The van der Waals surface area contributed by atoms with E-state index in [0.29, 0.717) is 38.3 Å². The number of nitrogens with one attached hydrogen (secondary N) is 1. The maximum atomic E-state index is 14.2. The number of anilines is 2. The van der Waals surface area contributed by atoms with Gasteiger partial charge in [0.05, 0.1) is 30.9 Å². The van der Waals surface area contributed by atoms with Crippen molar-refractivity contribution in [1.82, 2.24) is 4.57 Å². The van der Waals surface area contributed by atoms with E-state index in [2.05, 4.69) is 5.32 Å². The Kier molecular flexibility index (Phi) is 7.66. The zero-order chi connectivity index (χ0) is 32.1. The quantitative estimate of drug-likeness (QED) is 0.221. The second kappa shape index (κ2) is 11.8. The summed E-state index contributed by atoms with van der Waals surface area (Å²) in [5.74, 6) is -1.50. The first-order valence-corrected chi connectivity index (χ1v) is 16.3. The number of amides is 3. The highest BCUT2D eigenvalue weighted by Gasteiger charge is 2.57. The van der Waals surface area contributed by atoms with Crippen LogP contribution in [0.2, 0.25) is 0 Å². The lowest BCUT2D eigenvalue weighted by Gasteiger charge is -2.31. The molecular weight excluding hydrogens is 623 g/mol. The Bertz CT molecular complexity index is 2080. The Morgan fingerprint density at radius 3 is 2.37 bits per heavy atom. The fourth-order valence-electron chi connectivity index (χ4n) is 6.28. The fraction of sp³-hybridized carbons (Fsp3) is 0.200. The zero-order valence-corrected chi connectivity index (χ0v) is 26.8. The van der Waals surface area contributed by atoms with Gasteiger partial charge in [0.1, 0.15) is 11.8 Å². The first kappa shape index (κ1) is 29.8. The first-order chi connectivity index (χ1) is 22.3. The van der Waals surface area contributed by atoms with E-state index in [1.54, 1.807) is 24.3 Å². The molecule has 5 aromatic rings. The Hall–Kier alpha value is -4.87. The van der Waals surface area contributed by atoms with Crippen LogP contribution in [0, 0.1) is 12.8 Å². The molecule has 2 aliphatic rings. The predicted octanol–water partition coefficient (Wildman–Crippen LogP) is 5.82. The molecule has 1 N–H and O–H groups in total. The smallest absolute Gasteiger partial charge is 0.308 e. The number of imide groups is 1. The highest BCUT2D eigenvalue weighted by atomic mass is 32.2. The van der Waals surface area contributed by atoms with Gasteiger partial charge < -0.3 is 14.8 Å². The molecule has 0 spiro atoms. The molecule has 1 saturated heterocycles. The van der Waals surface area contributed by atoms with E-state index in [1.165, 1.54) is 35.4 Å². The molecule has 3 atom stereocenters. The fourth-order valence-corrected chi connectivity index (χ4v) is 9.05. The number of benzene rings is 4. The molecule has 0 bridgehead atoms. The number of carbonyl (C=O) groups excluding carboxylic acids is 3. The van der Waals surface area contributed by atoms with Crippen molar-refractivity contribution in [1.29, 1.82) is 0 Å². The number of aromatic nitrogens is 1. The molecule has 4 aromatic carbocycles. The number of hydrogen-bond acceptors (Lipinski definition) is 8. The van der Waals surface area contributed by atoms with Gasteiger partial charge in [0.25, 0.3) is 0 Å². The molecule has 9 nitrogen and oxygen atoms in total. The van der Waals surface area contributed by atoms with E-state index < -0.39 is 17.1 Å². The minimum atomic E-state index is -0.805. The third-order valence-corrected chi connectivity index (χ3v) is 11.1. The van der Waals surface area contributed by atoms with Crippen molar-refractivity contribution in [3.8, 4) is 11.5 Å². The Morgan fingerprint density at radius 1 is 0.870 bits per heavy atom. The number of aryl methyl sites for hydroxylation is 1. The summed E-state index contributed by atoms with van der Waals surface area (Å²) in [6.45, 7) is 1.69. The summed E-state index contributed by atoms with van der Waals surface area (Å²) in [5.41, 5.74) is 2.85. The molecule has 232 valence electrons. The highest BCUT2D eigenvalue weighted by Crippen LogP contribution is 2.54. The molecule has 7 rings (SSSR count). The van der Waals surface area contributed by atoms with Gasteiger partial charge >= 0.3 is 4.87 Å².